The predicted molar refractivity (Wildman–Crippen MR) is 89.6 cm³/mol. The van der Waals surface area contributed by atoms with Crippen molar-refractivity contribution in [3.8, 4) is 0 Å². The lowest BCUT2D eigenvalue weighted by Gasteiger charge is -2.11. The molecule has 0 bridgehead atoms. The van der Waals surface area contributed by atoms with Crippen molar-refractivity contribution in [3.05, 3.63) is 71.3 Å². The van der Waals surface area contributed by atoms with Gasteiger partial charge in [0.2, 0.25) is 5.91 Å². The van der Waals surface area contributed by atoms with Crippen molar-refractivity contribution in [3.63, 3.8) is 0 Å². The number of hydrogen-bond acceptors (Lipinski definition) is 3. The second kappa shape index (κ2) is 9.08. The molecule has 4 nitrogen and oxygen atoms in total. The van der Waals surface area contributed by atoms with Crippen LogP contribution in [0.4, 0.5) is 0 Å². The number of rotatable bonds is 8. The third kappa shape index (κ3) is 5.85. The lowest BCUT2D eigenvalue weighted by molar-refractivity contribution is -0.123. The summed E-state index contributed by atoms with van der Waals surface area (Å²) >= 11 is 0. The van der Waals surface area contributed by atoms with Gasteiger partial charge in [0.15, 0.2) is 0 Å². The number of nitrogens with one attached hydrogen (secondary N) is 1. The number of ether oxygens (including phenoxy) is 1. The molecule has 1 unspecified atom stereocenters. The summed E-state index contributed by atoms with van der Waals surface area (Å²) in [5.74, 6) is -0.167. The van der Waals surface area contributed by atoms with Gasteiger partial charge >= 0.3 is 0 Å². The largest absolute Gasteiger partial charge is 0.388 e. The first-order valence-electron chi connectivity index (χ1n) is 7.84. The van der Waals surface area contributed by atoms with Gasteiger partial charge in [0, 0.05) is 13.2 Å². The summed E-state index contributed by atoms with van der Waals surface area (Å²) in [6.07, 6.45) is -0.711. The molecule has 2 aromatic carbocycles. The van der Waals surface area contributed by atoms with E-state index in [1.54, 1.807) is 0 Å². The van der Waals surface area contributed by atoms with Crippen molar-refractivity contribution >= 4 is 5.91 Å². The number of carbonyl (C=O) groups excluding carboxylic acids is 1. The minimum atomic E-state index is -0.773. The van der Waals surface area contributed by atoms with Crippen LogP contribution in [-0.2, 0) is 22.7 Å². The molecule has 0 aliphatic heterocycles. The number of carbonyl (C=O) groups is 1. The summed E-state index contributed by atoms with van der Waals surface area (Å²) in [5, 5.41) is 12.9. The summed E-state index contributed by atoms with van der Waals surface area (Å²) in [7, 11) is 0. The maximum Gasteiger partial charge on any atom is 0.223 e. The molecule has 122 valence electrons. The molecule has 0 radical (unpaired) electrons. The smallest absolute Gasteiger partial charge is 0.223 e. The topological polar surface area (TPSA) is 58.6 Å². The van der Waals surface area contributed by atoms with E-state index in [1.807, 2.05) is 61.5 Å². The van der Waals surface area contributed by atoms with Crippen LogP contribution >= 0.6 is 0 Å². The van der Waals surface area contributed by atoms with E-state index in [1.165, 1.54) is 0 Å². The Kier molecular flexibility index (Phi) is 6.78. The molecule has 0 aromatic heterocycles. The van der Waals surface area contributed by atoms with E-state index in [0.29, 0.717) is 19.8 Å². The standard InChI is InChI=1S/C19H23NO3/c1-2-23-14-16-10-8-15(9-11-16)13-20-19(22)12-18(21)17-6-4-3-5-7-17/h3-11,18,21H,2,12-14H2,1H3,(H,20,22). The highest BCUT2D eigenvalue weighted by Gasteiger charge is 2.12. The van der Waals surface area contributed by atoms with Gasteiger partial charge in [-0.1, -0.05) is 54.6 Å². The van der Waals surface area contributed by atoms with E-state index in [9.17, 15) is 9.90 Å². The van der Waals surface area contributed by atoms with Gasteiger partial charge in [0.05, 0.1) is 19.1 Å². The Hall–Kier alpha value is -2.17. The summed E-state index contributed by atoms with van der Waals surface area (Å²) in [6, 6.07) is 17.1. The highest BCUT2D eigenvalue weighted by molar-refractivity contribution is 5.76. The summed E-state index contributed by atoms with van der Waals surface area (Å²) in [4.78, 5) is 11.9. The third-order valence-electron chi connectivity index (χ3n) is 3.55. The Morgan fingerprint density at radius 3 is 2.39 bits per heavy atom. The number of hydrogen-bond donors (Lipinski definition) is 2. The zero-order valence-corrected chi connectivity index (χ0v) is 13.4. The van der Waals surface area contributed by atoms with Crippen molar-refractivity contribution in [2.75, 3.05) is 6.61 Å². The number of aliphatic hydroxyl groups excluding tert-OH is 1. The van der Waals surface area contributed by atoms with Gasteiger partial charge in [0.25, 0.3) is 0 Å². The Bertz CT molecular complexity index is 596. The number of benzene rings is 2. The molecular formula is C19H23NO3. The maximum atomic E-state index is 11.9. The normalized spacial score (nSPS) is 11.9. The molecule has 23 heavy (non-hydrogen) atoms. The van der Waals surface area contributed by atoms with Crippen LogP contribution in [0.25, 0.3) is 0 Å². The van der Waals surface area contributed by atoms with Crippen LogP contribution in [0.3, 0.4) is 0 Å². The first kappa shape index (κ1) is 17.2. The Morgan fingerprint density at radius 2 is 1.74 bits per heavy atom. The van der Waals surface area contributed by atoms with Crippen molar-refractivity contribution in [2.24, 2.45) is 0 Å². The van der Waals surface area contributed by atoms with E-state index in [-0.39, 0.29) is 12.3 Å². The Labute approximate surface area is 137 Å². The van der Waals surface area contributed by atoms with Gasteiger partial charge in [-0.15, -0.1) is 0 Å². The summed E-state index contributed by atoms with van der Waals surface area (Å²) in [6.45, 7) is 3.72. The van der Waals surface area contributed by atoms with Gasteiger partial charge in [0.1, 0.15) is 0 Å². The summed E-state index contributed by atoms with van der Waals surface area (Å²) < 4.78 is 5.35. The summed E-state index contributed by atoms with van der Waals surface area (Å²) in [5.41, 5.74) is 2.89. The third-order valence-corrected chi connectivity index (χ3v) is 3.55. The van der Waals surface area contributed by atoms with Crippen molar-refractivity contribution in [2.45, 2.75) is 32.6 Å². The first-order chi connectivity index (χ1) is 11.2. The number of amides is 1. The average molecular weight is 313 g/mol. The van der Waals surface area contributed by atoms with Crippen LogP contribution in [0.2, 0.25) is 0 Å². The molecule has 0 aliphatic rings. The van der Waals surface area contributed by atoms with E-state index in [2.05, 4.69) is 5.32 Å². The molecule has 0 spiro atoms. The van der Waals surface area contributed by atoms with Crippen LogP contribution in [-0.4, -0.2) is 17.6 Å². The highest BCUT2D eigenvalue weighted by Crippen LogP contribution is 2.15. The molecule has 2 rings (SSSR count). The zero-order valence-electron chi connectivity index (χ0n) is 13.4. The second-order valence-corrected chi connectivity index (χ2v) is 5.36. The Balaban J connectivity index is 1.77. The van der Waals surface area contributed by atoms with E-state index >= 15 is 0 Å². The lowest BCUT2D eigenvalue weighted by atomic mass is 10.1. The fourth-order valence-corrected chi connectivity index (χ4v) is 2.21. The van der Waals surface area contributed by atoms with E-state index < -0.39 is 6.10 Å². The SMILES string of the molecule is CCOCc1ccc(CNC(=O)CC(O)c2ccccc2)cc1. The molecule has 0 saturated heterocycles. The average Bonchev–Trinajstić information content (AvgIpc) is 2.59. The first-order valence-corrected chi connectivity index (χ1v) is 7.84. The van der Waals surface area contributed by atoms with Crippen molar-refractivity contribution in [1.29, 1.82) is 0 Å². The molecule has 4 heteroatoms. The molecule has 0 aliphatic carbocycles. The van der Waals surface area contributed by atoms with Crippen molar-refractivity contribution < 1.29 is 14.6 Å². The lowest BCUT2D eigenvalue weighted by Crippen LogP contribution is -2.24. The fourth-order valence-electron chi connectivity index (χ4n) is 2.21. The highest BCUT2D eigenvalue weighted by atomic mass is 16.5. The van der Waals surface area contributed by atoms with E-state index in [0.717, 1.165) is 16.7 Å². The minimum absolute atomic E-state index is 0.0619. The molecule has 0 fully saturated rings. The van der Waals surface area contributed by atoms with Crippen molar-refractivity contribution in [1.82, 2.24) is 5.32 Å². The van der Waals surface area contributed by atoms with Gasteiger partial charge < -0.3 is 15.2 Å². The van der Waals surface area contributed by atoms with Gasteiger partial charge in [-0.25, -0.2) is 0 Å². The Morgan fingerprint density at radius 1 is 1.09 bits per heavy atom. The molecule has 2 aromatic rings. The molecular weight excluding hydrogens is 290 g/mol. The van der Waals surface area contributed by atoms with E-state index in [4.69, 9.17) is 4.74 Å². The van der Waals surface area contributed by atoms with Gasteiger partial charge in [-0.3, -0.25) is 4.79 Å². The van der Waals surface area contributed by atoms with Crippen LogP contribution < -0.4 is 5.32 Å². The van der Waals surface area contributed by atoms with Gasteiger partial charge in [-0.2, -0.15) is 0 Å². The molecule has 0 saturated carbocycles. The minimum Gasteiger partial charge on any atom is -0.388 e. The maximum absolute atomic E-state index is 11.9. The van der Waals surface area contributed by atoms with Crippen LogP contribution in [0.15, 0.2) is 54.6 Å². The molecule has 1 amide bonds. The number of aliphatic hydroxyl groups is 1. The molecule has 1 atom stereocenters. The van der Waals surface area contributed by atoms with Crippen LogP contribution in [0.1, 0.15) is 36.1 Å². The fraction of sp³-hybridized carbons (Fsp3) is 0.316. The second-order valence-electron chi connectivity index (χ2n) is 5.36. The molecule has 2 N–H and O–H groups in total. The van der Waals surface area contributed by atoms with Crippen LogP contribution in [0, 0.1) is 0 Å². The quantitative estimate of drug-likeness (QED) is 0.788. The zero-order chi connectivity index (χ0) is 16.5. The molecule has 0 heterocycles. The van der Waals surface area contributed by atoms with Crippen LogP contribution in [0.5, 0.6) is 0 Å². The predicted octanol–water partition coefficient (Wildman–Crippen LogP) is 2.96. The monoisotopic (exact) mass is 313 g/mol. The van der Waals surface area contributed by atoms with Gasteiger partial charge in [-0.05, 0) is 23.6 Å².